The monoisotopic (exact) mass is 338 g/mol. The summed E-state index contributed by atoms with van der Waals surface area (Å²) in [7, 11) is 0. The summed E-state index contributed by atoms with van der Waals surface area (Å²) in [6.45, 7) is 10.1. The number of nitrogens with zero attached hydrogens (tertiary/aromatic N) is 2. The number of hydrogen-bond donors (Lipinski definition) is 0. The Balaban J connectivity index is 2.01. The molecule has 1 saturated heterocycles. The maximum atomic E-state index is 12.6. The van der Waals surface area contributed by atoms with Crippen LogP contribution in [0.4, 0.5) is 0 Å². The molecule has 0 bridgehead atoms. The first-order valence-electron chi connectivity index (χ1n) is 7.32. The summed E-state index contributed by atoms with van der Waals surface area (Å²) in [5.74, 6) is 0.140. The van der Waals surface area contributed by atoms with E-state index in [4.69, 9.17) is 0 Å². The van der Waals surface area contributed by atoms with Gasteiger partial charge in [-0.05, 0) is 53.9 Å². The van der Waals surface area contributed by atoms with Crippen LogP contribution in [0.1, 0.15) is 36.2 Å². The standard InChI is InChI=1S/C16H23BrN2O/c1-4-13(3)18-7-9-19(10-8-18)16(20)14-6-5-12(2)11-15(14)17/h5-6,11,13H,4,7-10H2,1-3H3. The molecule has 0 saturated carbocycles. The molecule has 4 heteroatoms. The lowest BCUT2D eigenvalue weighted by Gasteiger charge is -2.38. The van der Waals surface area contributed by atoms with Crippen molar-refractivity contribution in [2.24, 2.45) is 0 Å². The van der Waals surface area contributed by atoms with Crippen LogP contribution in [0, 0.1) is 6.92 Å². The molecule has 2 rings (SSSR count). The molecule has 1 aromatic rings. The fraction of sp³-hybridized carbons (Fsp3) is 0.562. The summed E-state index contributed by atoms with van der Waals surface area (Å²) >= 11 is 3.50. The van der Waals surface area contributed by atoms with Crippen LogP contribution in [0.25, 0.3) is 0 Å². The number of piperazine rings is 1. The van der Waals surface area contributed by atoms with Gasteiger partial charge in [-0.15, -0.1) is 0 Å². The van der Waals surface area contributed by atoms with Gasteiger partial charge in [0.25, 0.3) is 5.91 Å². The van der Waals surface area contributed by atoms with Gasteiger partial charge in [-0.3, -0.25) is 9.69 Å². The van der Waals surface area contributed by atoms with Gasteiger partial charge in [0.05, 0.1) is 5.56 Å². The fourth-order valence-electron chi connectivity index (χ4n) is 2.59. The highest BCUT2D eigenvalue weighted by molar-refractivity contribution is 9.10. The van der Waals surface area contributed by atoms with Gasteiger partial charge < -0.3 is 4.90 Å². The molecular weight excluding hydrogens is 316 g/mol. The molecule has 0 spiro atoms. The van der Waals surface area contributed by atoms with Crippen molar-refractivity contribution in [2.75, 3.05) is 26.2 Å². The minimum absolute atomic E-state index is 0.140. The Bertz CT molecular complexity index is 481. The number of carbonyl (C=O) groups is 1. The van der Waals surface area contributed by atoms with Crippen LogP contribution in [-0.2, 0) is 0 Å². The second-order valence-electron chi connectivity index (χ2n) is 5.57. The van der Waals surface area contributed by atoms with E-state index in [1.165, 1.54) is 0 Å². The SMILES string of the molecule is CCC(C)N1CCN(C(=O)c2ccc(C)cc2Br)CC1. The van der Waals surface area contributed by atoms with Gasteiger partial charge in [0.2, 0.25) is 0 Å². The highest BCUT2D eigenvalue weighted by Crippen LogP contribution is 2.21. The Morgan fingerprint density at radius 3 is 2.50 bits per heavy atom. The minimum atomic E-state index is 0.140. The smallest absolute Gasteiger partial charge is 0.255 e. The summed E-state index contributed by atoms with van der Waals surface area (Å²) in [5.41, 5.74) is 1.93. The third kappa shape index (κ3) is 3.41. The molecule has 110 valence electrons. The van der Waals surface area contributed by atoms with Crippen molar-refractivity contribution >= 4 is 21.8 Å². The predicted molar refractivity (Wildman–Crippen MR) is 86.1 cm³/mol. The van der Waals surface area contributed by atoms with Crippen LogP contribution < -0.4 is 0 Å². The zero-order chi connectivity index (χ0) is 14.7. The number of rotatable bonds is 3. The maximum Gasteiger partial charge on any atom is 0.255 e. The van der Waals surface area contributed by atoms with E-state index in [-0.39, 0.29) is 5.91 Å². The topological polar surface area (TPSA) is 23.6 Å². The summed E-state index contributed by atoms with van der Waals surface area (Å²) in [5, 5.41) is 0. The van der Waals surface area contributed by atoms with Crippen molar-refractivity contribution < 1.29 is 4.79 Å². The van der Waals surface area contributed by atoms with E-state index in [1.807, 2.05) is 30.0 Å². The fourth-order valence-corrected chi connectivity index (χ4v) is 3.25. The first kappa shape index (κ1) is 15.5. The minimum Gasteiger partial charge on any atom is -0.336 e. The van der Waals surface area contributed by atoms with Crippen LogP contribution in [0.2, 0.25) is 0 Å². The lowest BCUT2D eigenvalue weighted by atomic mass is 10.1. The summed E-state index contributed by atoms with van der Waals surface area (Å²) in [6.07, 6.45) is 1.16. The van der Waals surface area contributed by atoms with Crippen LogP contribution in [0.5, 0.6) is 0 Å². The summed E-state index contributed by atoms with van der Waals surface area (Å²) < 4.78 is 0.895. The van der Waals surface area contributed by atoms with Crippen LogP contribution in [0.15, 0.2) is 22.7 Å². The molecule has 0 radical (unpaired) electrons. The highest BCUT2D eigenvalue weighted by Gasteiger charge is 2.25. The van der Waals surface area contributed by atoms with Crippen molar-refractivity contribution in [3.05, 3.63) is 33.8 Å². The Hall–Kier alpha value is -0.870. The Morgan fingerprint density at radius 2 is 1.95 bits per heavy atom. The van der Waals surface area contributed by atoms with E-state index in [0.29, 0.717) is 6.04 Å². The number of hydrogen-bond acceptors (Lipinski definition) is 2. The van der Waals surface area contributed by atoms with Gasteiger partial charge in [0, 0.05) is 36.7 Å². The number of amides is 1. The summed E-state index contributed by atoms with van der Waals surface area (Å²) in [6, 6.07) is 6.53. The van der Waals surface area contributed by atoms with E-state index in [2.05, 4.69) is 34.7 Å². The number of benzene rings is 1. The number of aryl methyl sites for hydroxylation is 1. The number of halogens is 1. The predicted octanol–water partition coefficient (Wildman–Crippen LogP) is 3.31. The highest BCUT2D eigenvalue weighted by atomic mass is 79.9. The first-order valence-corrected chi connectivity index (χ1v) is 8.11. The van der Waals surface area contributed by atoms with Crippen molar-refractivity contribution in [3.63, 3.8) is 0 Å². The van der Waals surface area contributed by atoms with Crippen LogP contribution in [-0.4, -0.2) is 47.9 Å². The zero-order valence-corrected chi connectivity index (χ0v) is 14.1. The molecule has 20 heavy (non-hydrogen) atoms. The third-order valence-corrected chi connectivity index (χ3v) is 4.83. The average molecular weight is 339 g/mol. The average Bonchev–Trinajstić information content (AvgIpc) is 2.46. The van der Waals surface area contributed by atoms with Gasteiger partial charge in [0.15, 0.2) is 0 Å². The van der Waals surface area contributed by atoms with E-state index < -0.39 is 0 Å². The van der Waals surface area contributed by atoms with Crippen LogP contribution in [0.3, 0.4) is 0 Å². The van der Waals surface area contributed by atoms with E-state index in [0.717, 1.165) is 48.2 Å². The first-order chi connectivity index (χ1) is 9.52. The van der Waals surface area contributed by atoms with E-state index in [9.17, 15) is 4.79 Å². The summed E-state index contributed by atoms with van der Waals surface area (Å²) in [4.78, 5) is 17.0. The maximum absolute atomic E-state index is 12.6. The molecule has 1 fully saturated rings. The zero-order valence-electron chi connectivity index (χ0n) is 12.5. The van der Waals surface area contributed by atoms with Crippen molar-refractivity contribution in [1.82, 2.24) is 9.80 Å². The van der Waals surface area contributed by atoms with Crippen molar-refractivity contribution in [2.45, 2.75) is 33.2 Å². The van der Waals surface area contributed by atoms with E-state index in [1.54, 1.807) is 0 Å². The van der Waals surface area contributed by atoms with Crippen molar-refractivity contribution in [1.29, 1.82) is 0 Å². The second kappa shape index (κ2) is 6.72. The molecule has 3 nitrogen and oxygen atoms in total. The Labute approximate surface area is 130 Å². The van der Waals surface area contributed by atoms with E-state index >= 15 is 0 Å². The quantitative estimate of drug-likeness (QED) is 0.844. The molecule has 1 aromatic carbocycles. The normalized spacial score (nSPS) is 18.1. The third-order valence-electron chi connectivity index (χ3n) is 4.17. The van der Waals surface area contributed by atoms with Crippen molar-refractivity contribution in [3.8, 4) is 0 Å². The van der Waals surface area contributed by atoms with Gasteiger partial charge in [-0.2, -0.15) is 0 Å². The lowest BCUT2D eigenvalue weighted by Crippen LogP contribution is -2.51. The molecule has 1 aliphatic heterocycles. The molecule has 1 atom stereocenters. The molecule has 1 amide bonds. The Kier molecular flexibility index (Phi) is 5.22. The molecule has 1 unspecified atom stereocenters. The number of carbonyl (C=O) groups excluding carboxylic acids is 1. The molecule has 0 aromatic heterocycles. The second-order valence-corrected chi connectivity index (χ2v) is 6.42. The van der Waals surface area contributed by atoms with Crippen LogP contribution >= 0.6 is 15.9 Å². The molecule has 0 aliphatic carbocycles. The van der Waals surface area contributed by atoms with Gasteiger partial charge >= 0.3 is 0 Å². The Morgan fingerprint density at radius 1 is 1.30 bits per heavy atom. The lowest BCUT2D eigenvalue weighted by molar-refractivity contribution is 0.0579. The molecule has 1 heterocycles. The molecular formula is C16H23BrN2O. The van der Waals surface area contributed by atoms with Gasteiger partial charge in [0.1, 0.15) is 0 Å². The van der Waals surface area contributed by atoms with Gasteiger partial charge in [-0.25, -0.2) is 0 Å². The largest absolute Gasteiger partial charge is 0.336 e. The molecule has 1 aliphatic rings. The van der Waals surface area contributed by atoms with Gasteiger partial charge in [-0.1, -0.05) is 13.0 Å². The molecule has 0 N–H and O–H groups in total.